The summed E-state index contributed by atoms with van der Waals surface area (Å²) >= 11 is 0. The maximum atomic E-state index is 12.7. The number of amides is 2. The van der Waals surface area contributed by atoms with Crippen LogP contribution in [0.25, 0.3) is 17.0 Å². The van der Waals surface area contributed by atoms with Gasteiger partial charge in [0.25, 0.3) is 5.91 Å². The zero-order valence-electron chi connectivity index (χ0n) is 17.3. The van der Waals surface area contributed by atoms with Gasteiger partial charge in [0.05, 0.1) is 11.9 Å². The molecule has 1 aromatic carbocycles. The second-order valence-corrected chi connectivity index (χ2v) is 7.15. The highest BCUT2D eigenvalue weighted by molar-refractivity contribution is 5.98. The minimum Gasteiger partial charge on any atom is -0.365 e. The Labute approximate surface area is 177 Å². The number of carbonyl (C=O) groups is 2. The number of benzene rings is 1. The second kappa shape index (κ2) is 7.98. The number of hydrogen-bond donors (Lipinski definition) is 2. The van der Waals surface area contributed by atoms with Gasteiger partial charge in [0.2, 0.25) is 17.6 Å². The zero-order valence-corrected chi connectivity index (χ0v) is 17.3. The fourth-order valence-corrected chi connectivity index (χ4v) is 3.49. The molecule has 10 heteroatoms. The number of nitrogens with one attached hydrogen (secondary N) is 1. The Bertz CT molecular complexity index is 1310. The summed E-state index contributed by atoms with van der Waals surface area (Å²) in [5, 5.41) is 11.1. The predicted molar refractivity (Wildman–Crippen MR) is 112 cm³/mol. The first kappa shape index (κ1) is 20.2. The molecule has 0 aliphatic heterocycles. The van der Waals surface area contributed by atoms with Crippen LogP contribution >= 0.6 is 0 Å². The summed E-state index contributed by atoms with van der Waals surface area (Å²) in [5.74, 6) is 0.121. The maximum Gasteiger partial charge on any atom is 0.254 e. The van der Waals surface area contributed by atoms with E-state index in [0.717, 1.165) is 17.0 Å². The lowest BCUT2D eigenvalue weighted by atomic mass is 10.1. The van der Waals surface area contributed by atoms with Gasteiger partial charge < -0.3 is 15.6 Å². The van der Waals surface area contributed by atoms with Crippen LogP contribution in [0.2, 0.25) is 0 Å². The van der Waals surface area contributed by atoms with E-state index in [1.807, 2.05) is 32.0 Å². The Morgan fingerprint density at radius 2 is 1.94 bits per heavy atom. The minimum absolute atomic E-state index is 0.162. The van der Waals surface area contributed by atoms with Crippen molar-refractivity contribution in [2.45, 2.75) is 33.6 Å². The van der Waals surface area contributed by atoms with E-state index in [-0.39, 0.29) is 17.9 Å². The van der Waals surface area contributed by atoms with Gasteiger partial charge in [-0.15, -0.1) is 0 Å². The molecule has 10 nitrogen and oxygen atoms in total. The van der Waals surface area contributed by atoms with E-state index < -0.39 is 5.91 Å². The van der Waals surface area contributed by atoms with Crippen LogP contribution < -0.4 is 11.1 Å². The number of nitrogens with two attached hydrogens (primary N) is 1. The lowest BCUT2D eigenvalue weighted by Crippen LogP contribution is -2.15. The molecule has 0 aliphatic carbocycles. The van der Waals surface area contributed by atoms with Crippen molar-refractivity contribution in [1.82, 2.24) is 24.7 Å². The predicted octanol–water partition coefficient (Wildman–Crippen LogP) is 2.37. The number of primary amides is 1. The number of para-hydroxylation sites is 1. The maximum absolute atomic E-state index is 12.7. The molecule has 0 saturated carbocycles. The van der Waals surface area contributed by atoms with Gasteiger partial charge in [-0.25, -0.2) is 9.50 Å². The van der Waals surface area contributed by atoms with Gasteiger partial charge in [-0.1, -0.05) is 17.3 Å². The topological polar surface area (TPSA) is 141 Å². The Morgan fingerprint density at radius 1 is 1.16 bits per heavy atom. The van der Waals surface area contributed by atoms with E-state index in [1.165, 1.54) is 6.20 Å². The van der Waals surface area contributed by atoms with Crippen LogP contribution in [0.5, 0.6) is 0 Å². The number of fused-ring (bicyclic) bond motifs is 1. The molecule has 0 atom stereocenters. The third-order valence-electron chi connectivity index (χ3n) is 5.05. The highest BCUT2D eigenvalue weighted by Crippen LogP contribution is 2.26. The Hall–Kier alpha value is -4.08. The van der Waals surface area contributed by atoms with Crippen molar-refractivity contribution in [1.29, 1.82) is 0 Å². The van der Waals surface area contributed by atoms with Crippen LogP contribution in [-0.4, -0.2) is 36.6 Å². The molecule has 0 fully saturated rings. The Kier molecular flexibility index (Phi) is 5.20. The standard InChI is InChI=1S/C21H21N7O3/c1-11-14(12(2)28-21(24-11)16(10-23-28)19(22)30)8-9-18(29)26-17-7-5-4-6-15(17)20-25-13(3)31-27-20/h4-7,10H,8-9H2,1-3H3,(H2,22,30)(H,26,29). The van der Waals surface area contributed by atoms with Crippen LogP contribution in [0.3, 0.4) is 0 Å². The number of aromatic nitrogens is 5. The van der Waals surface area contributed by atoms with E-state index in [0.29, 0.717) is 35.0 Å². The van der Waals surface area contributed by atoms with E-state index in [4.69, 9.17) is 10.3 Å². The largest absolute Gasteiger partial charge is 0.365 e. The third kappa shape index (κ3) is 3.87. The highest BCUT2D eigenvalue weighted by Gasteiger charge is 2.18. The van der Waals surface area contributed by atoms with E-state index in [1.54, 1.807) is 17.5 Å². The molecular weight excluding hydrogens is 398 g/mol. The van der Waals surface area contributed by atoms with Gasteiger partial charge >= 0.3 is 0 Å². The monoisotopic (exact) mass is 419 g/mol. The number of nitrogens with zero attached hydrogens (tertiary/aromatic N) is 5. The SMILES string of the molecule is Cc1nc(-c2ccccc2NC(=O)CCc2c(C)nc3c(C(N)=O)cnn3c2C)no1. The van der Waals surface area contributed by atoms with Crippen molar-refractivity contribution >= 4 is 23.1 Å². The first-order chi connectivity index (χ1) is 14.8. The van der Waals surface area contributed by atoms with Crippen molar-refractivity contribution < 1.29 is 14.1 Å². The first-order valence-corrected chi connectivity index (χ1v) is 9.68. The lowest BCUT2D eigenvalue weighted by molar-refractivity contribution is -0.116. The summed E-state index contributed by atoms with van der Waals surface area (Å²) in [6.45, 7) is 5.42. The number of rotatable bonds is 6. The molecule has 0 saturated heterocycles. The molecular formula is C21H21N7O3. The molecule has 31 heavy (non-hydrogen) atoms. The highest BCUT2D eigenvalue weighted by atomic mass is 16.5. The molecule has 158 valence electrons. The van der Waals surface area contributed by atoms with E-state index in [9.17, 15) is 9.59 Å². The molecule has 0 radical (unpaired) electrons. The summed E-state index contributed by atoms with van der Waals surface area (Å²) in [4.78, 5) is 32.9. The van der Waals surface area contributed by atoms with Gasteiger partial charge in [0.1, 0.15) is 5.56 Å². The Balaban J connectivity index is 1.53. The van der Waals surface area contributed by atoms with Crippen LogP contribution in [0.1, 0.15) is 39.6 Å². The molecule has 4 rings (SSSR count). The van der Waals surface area contributed by atoms with Gasteiger partial charge in [-0.2, -0.15) is 10.1 Å². The normalized spacial score (nSPS) is 11.1. The molecule has 0 spiro atoms. The second-order valence-electron chi connectivity index (χ2n) is 7.15. The van der Waals surface area contributed by atoms with Crippen LogP contribution in [0.15, 0.2) is 35.0 Å². The summed E-state index contributed by atoms with van der Waals surface area (Å²) in [5.41, 5.74) is 9.79. The molecule has 0 unspecified atom stereocenters. The average Bonchev–Trinajstić information content (AvgIpc) is 3.34. The fraction of sp³-hybridized carbons (Fsp3) is 0.238. The van der Waals surface area contributed by atoms with Crippen LogP contribution in [-0.2, 0) is 11.2 Å². The minimum atomic E-state index is -0.580. The van der Waals surface area contributed by atoms with E-state index in [2.05, 4.69) is 25.5 Å². The van der Waals surface area contributed by atoms with Crippen molar-refractivity contribution in [3.8, 4) is 11.4 Å². The van der Waals surface area contributed by atoms with Crippen LogP contribution in [0, 0.1) is 20.8 Å². The molecule has 0 bridgehead atoms. The van der Waals surface area contributed by atoms with E-state index >= 15 is 0 Å². The number of carbonyl (C=O) groups excluding carboxylic acids is 2. The fourth-order valence-electron chi connectivity index (χ4n) is 3.49. The molecule has 3 N–H and O–H groups in total. The van der Waals surface area contributed by atoms with Gasteiger partial charge in [0.15, 0.2) is 5.65 Å². The molecule has 2 amide bonds. The zero-order chi connectivity index (χ0) is 22.1. The summed E-state index contributed by atoms with van der Waals surface area (Å²) < 4.78 is 6.62. The van der Waals surface area contributed by atoms with Crippen molar-refractivity contribution in [3.63, 3.8) is 0 Å². The van der Waals surface area contributed by atoms with Gasteiger partial charge in [-0.05, 0) is 38.0 Å². The smallest absolute Gasteiger partial charge is 0.254 e. The first-order valence-electron chi connectivity index (χ1n) is 9.68. The quantitative estimate of drug-likeness (QED) is 0.489. The Morgan fingerprint density at radius 3 is 2.65 bits per heavy atom. The summed E-state index contributed by atoms with van der Waals surface area (Å²) in [6.07, 6.45) is 2.10. The molecule has 3 aromatic heterocycles. The lowest BCUT2D eigenvalue weighted by Gasteiger charge is -2.12. The van der Waals surface area contributed by atoms with Crippen molar-refractivity contribution in [2.24, 2.45) is 5.73 Å². The molecule has 0 aliphatic rings. The number of anilines is 1. The number of hydrogen-bond acceptors (Lipinski definition) is 7. The van der Waals surface area contributed by atoms with Crippen molar-refractivity contribution in [3.05, 3.63) is 58.9 Å². The van der Waals surface area contributed by atoms with Gasteiger partial charge in [0, 0.05) is 30.3 Å². The van der Waals surface area contributed by atoms with Crippen LogP contribution in [0.4, 0.5) is 5.69 Å². The number of aryl methyl sites for hydroxylation is 3. The molecule has 3 heterocycles. The molecule has 4 aromatic rings. The van der Waals surface area contributed by atoms with Gasteiger partial charge in [-0.3, -0.25) is 9.59 Å². The summed E-state index contributed by atoms with van der Waals surface area (Å²) in [6, 6.07) is 7.28. The summed E-state index contributed by atoms with van der Waals surface area (Å²) in [7, 11) is 0. The third-order valence-corrected chi connectivity index (χ3v) is 5.05. The average molecular weight is 419 g/mol. The van der Waals surface area contributed by atoms with Crippen molar-refractivity contribution in [2.75, 3.05) is 5.32 Å².